The van der Waals surface area contributed by atoms with Gasteiger partial charge in [0.25, 0.3) is 0 Å². The predicted molar refractivity (Wildman–Crippen MR) is 89.6 cm³/mol. The molecule has 0 spiro atoms. The number of para-hydroxylation sites is 1. The first-order valence-corrected chi connectivity index (χ1v) is 7.62. The molecule has 2 nitrogen and oxygen atoms in total. The molecule has 1 heterocycles. The lowest BCUT2D eigenvalue weighted by Crippen LogP contribution is -2.16. The van der Waals surface area contributed by atoms with Gasteiger partial charge in [-0.2, -0.15) is 0 Å². The molecule has 0 saturated heterocycles. The van der Waals surface area contributed by atoms with Crippen molar-refractivity contribution in [3.63, 3.8) is 0 Å². The normalized spacial score (nSPS) is 11.1. The Kier molecular flexibility index (Phi) is 4.07. The number of nitrogens with zero attached hydrogens (tertiary/aromatic N) is 1. The fraction of sp³-hybridized carbons (Fsp3) is 0.263. The molecule has 0 atom stereocenters. The molecular formula is C19H22N2. The smallest absolute Gasteiger partial charge is 0.0486 e. The summed E-state index contributed by atoms with van der Waals surface area (Å²) in [6, 6.07) is 19.6. The van der Waals surface area contributed by atoms with Gasteiger partial charge in [-0.25, -0.2) is 0 Å². The molecule has 1 aromatic heterocycles. The Hall–Kier alpha value is -2.06. The Labute approximate surface area is 126 Å². The Morgan fingerprint density at radius 3 is 2.57 bits per heavy atom. The van der Waals surface area contributed by atoms with E-state index in [-0.39, 0.29) is 0 Å². The zero-order chi connectivity index (χ0) is 14.7. The quantitative estimate of drug-likeness (QED) is 0.743. The number of hydrogen-bond acceptors (Lipinski definition) is 1. The highest BCUT2D eigenvalue weighted by atomic mass is 15.0. The third-order valence-corrected chi connectivity index (χ3v) is 4.04. The molecule has 0 bridgehead atoms. The Balaban J connectivity index is 2.04. The van der Waals surface area contributed by atoms with E-state index in [2.05, 4.69) is 78.3 Å². The van der Waals surface area contributed by atoms with E-state index in [4.69, 9.17) is 0 Å². The van der Waals surface area contributed by atoms with Crippen molar-refractivity contribution in [3.8, 4) is 0 Å². The molecule has 0 radical (unpaired) electrons. The van der Waals surface area contributed by atoms with Crippen LogP contribution in [0.25, 0.3) is 10.9 Å². The van der Waals surface area contributed by atoms with Crippen LogP contribution in [-0.4, -0.2) is 11.1 Å². The van der Waals surface area contributed by atoms with Gasteiger partial charge in [-0.3, -0.25) is 0 Å². The fourth-order valence-corrected chi connectivity index (χ4v) is 2.81. The lowest BCUT2D eigenvalue weighted by molar-refractivity contribution is 0.666. The van der Waals surface area contributed by atoms with Crippen molar-refractivity contribution >= 4 is 10.9 Å². The highest BCUT2D eigenvalue weighted by Gasteiger charge is 2.09. The van der Waals surface area contributed by atoms with Crippen LogP contribution < -0.4 is 5.32 Å². The van der Waals surface area contributed by atoms with Crippen molar-refractivity contribution in [2.24, 2.45) is 0 Å². The van der Waals surface area contributed by atoms with E-state index in [9.17, 15) is 0 Å². The zero-order valence-electron chi connectivity index (χ0n) is 12.8. The van der Waals surface area contributed by atoms with Gasteiger partial charge in [-0.1, -0.05) is 49.4 Å². The SMILES string of the molecule is CCNCc1cc2ccccc2n1Cc1ccccc1C. The zero-order valence-corrected chi connectivity index (χ0v) is 12.8. The summed E-state index contributed by atoms with van der Waals surface area (Å²) < 4.78 is 2.43. The summed E-state index contributed by atoms with van der Waals surface area (Å²) in [5.74, 6) is 0. The molecule has 0 saturated carbocycles. The van der Waals surface area contributed by atoms with E-state index < -0.39 is 0 Å². The van der Waals surface area contributed by atoms with Gasteiger partial charge in [-0.05, 0) is 42.1 Å². The van der Waals surface area contributed by atoms with E-state index in [1.165, 1.54) is 27.7 Å². The topological polar surface area (TPSA) is 17.0 Å². The minimum Gasteiger partial charge on any atom is -0.339 e. The predicted octanol–water partition coefficient (Wildman–Crippen LogP) is 4.11. The molecule has 2 aromatic carbocycles. The summed E-state index contributed by atoms with van der Waals surface area (Å²) in [4.78, 5) is 0. The monoisotopic (exact) mass is 278 g/mol. The lowest BCUT2D eigenvalue weighted by Gasteiger charge is -2.13. The molecule has 0 unspecified atom stereocenters. The third-order valence-electron chi connectivity index (χ3n) is 4.04. The Morgan fingerprint density at radius 1 is 1.00 bits per heavy atom. The first-order valence-electron chi connectivity index (χ1n) is 7.62. The Morgan fingerprint density at radius 2 is 1.76 bits per heavy atom. The van der Waals surface area contributed by atoms with Gasteiger partial charge in [0.2, 0.25) is 0 Å². The summed E-state index contributed by atoms with van der Waals surface area (Å²) in [5.41, 5.74) is 5.40. The first-order chi connectivity index (χ1) is 10.3. The molecule has 0 aliphatic carbocycles. The maximum Gasteiger partial charge on any atom is 0.0486 e. The highest BCUT2D eigenvalue weighted by molar-refractivity contribution is 5.81. The second-order valence-corrected chi connectivity index (χ2v) is 5.49. The average Bonchev–Trinajstić information content (AvgIpc) is 2.85. The summed E-state index contributed by atoms with van der Waals surface area (Å²) in [7, 11) is 0. The molecule has 2 heteroatoms. The van der Waals surface area contributed by atoms with Gasteiger partial charge in [0, 0.05) is 24.3 Å². The van der Waals surface area contributed by atoms with Crippen molar-refractivity contribution in [2.45, 2.75) is 26.9 Å². The maximum absolute atomic E-state index is 3.45. The second kappa shape index (κ2) is 6.15. The number of nitrogens with one attached hydrogen (secondary N) is 1. The molecule has 108 valence electrons. The van der Waals surface area contributed by atoms with Gasteiger partial charge in [0.1, 0.15) is 0 Å². The third kappa shape index (κ3) is 2.86. The van der Waals surface area contributed by atoms with Crippen molar-refractivity contribution in [2.75, 3.05) is 6.54 Å². The molecule has 0 amide bonds. The Bertz CT molecular complexity index is 740. The summed E-state index contributed by atoms with van der Waals surface area (Å²) in [6.45, 7) is 7.17. The molecule has 1 N–H and O–H groups in total. The maximum atomic E-state index is 3.45. The first kappa shape index (κ1) is 13.9. The molecule has 0 fully saturated rings. The van der Waals surface area contributed by atoms with E-state index in [1.807, 2.05) is 0 Å². The molecule has 21 heavy (non-hydrogen) atoms. The molecular weight excluding hydrogens is 256 g/mol. The summed E-state index contributed by atoms with van der Waals surface area (Å²) in [5, 5.41) is 4.76. The van der Waals surface area contributed by atoms with Crippen molar-refractivity contribution in [1.82, 2.24) is 9.88 Å². The minimum absolute atomic E-state index is 0.914. The van der Waals surface area contributed by atoms with Gasteiger partial charge in [0.05, 0.1) is 0 Å². The van der Waals surface area contributed by atoms with E-state index in [0.717, 1.165) is 19.6 Å². The van der Waals surface area contributed by atoms with Crippen molar-refractivity contribution < 1.29 is 0 Å². The molecule has 0 aliphatic heterocycles. The van der Waals surface area contributed by atoms with Crippen LogP contribution in [0.1, 0.15) is 23.7 Å². The molecule has 0 aliphatic rings. The number of hydrogen-bond donors (Lipinski definition) is 1. The van der Waals surface area contributed by atoms with Crippen LogP contribution >= 0.6 is 0 Å². The van der Waals surface area contributed by atoms with Crippen LogP contribution in [0.15, 0.2) is 54.6 Å². The van der Waals surface area contributed by atoms with Crippen LogP contribution in [0.3, 0.4) is 0 Å². The summed E-state index contributed by atoms with van der Waals surface area (Å²) >= 11 is 0. The average molecular weight is 278 g/mol. The standard InChI is InChI=1S/C19H22N2/c1-3-20-13-18-12-16-9-6-7-11-19(16)21(18)14-17-10-5-4-8-15(17)2/h4-12,20H,3,13-14H2,1-2H3. The number of aromatic nitrogens is 1. The van der Waals surface area contributed by atoms with Crippen LogP contribution in [-0.2, 0) is 13.1 Å². The van der Waals surface area contributed by atoms with Crippen LogP contribution in [0.2, 0.25) is 0 Å². The van der Waals surface area contributed by atoms with Crippen LogP contribution in [0.4, 0.5) is 0 Å². The van der Waals surface area contributed by atoms with Crippen molar-refractivity contribution in [3.05, 3.63) is 71.4 Å². The van der Waals surface area contributed by atoms with Gasteiger partial charge in [-0.15, -0.1) is 0 Å². The van der Waals surface area contributed by atoms with E-state index in [0.29, 0.717) is 0 Å². The van der Waals surface area contributed by atoms with Gasteiger partial charge >= 0.3 is 0 Å². The van der Waals surface area contributed by atoms with Crippen LogP contribution in [0.5, 0.6) is 0 Å². The van der Waals surface area contributed by atoms with Gasteiger partial charge in [0.15, 0.2) is 0 Å². The number of aryl methyl sites for hydroxylation is 1. The number of fused-ring (bicyclic) bond motifs is 1. The fourth-order valence-electron chi connectivity index (χ4n) is 2.81. The van der Waals surface area contributed by atoms with E-state index >= 15 is 0 Å². The van der Waals surface area contributed by atoms with E-state index in [1.54, 1.807) is 0 Å². The number of benzene rings is 2. The summed E-state index contributed by atoms with van der Waals surface area (Å²) in [6.07, 6.45) is 0. The van der Waals surface area contributed by atoms with Crippen LogP contribution in [0, 0.1) is 6.92 Å². The second-order valence-electron chi connectivity index (χ2n) is 5.49. The minimum atomic E-state index is 0.914. The largest absolute Gasteiger partial charge is 0.339 e. The lowest BCUT2D eigenvalue weighted by atomic mass is 10.1. The van der Waals surface area contributed by atoms with Gasteiger partial charge < -0.3 is 9.88 Å². The molecule has 3 aromatic rings. The van der Waals surface area contributed by atoms with Crippen molar-refractivity contribution in [1.29, 1.82) is 0 Å². The molecule has 3 rings (SSSR count). The highest BCUT2D eigenvalue weighted by Crippen LogP contribution is 2.22. The number of rotatable bonds is 5.